The molecule has 7 heteroatoms. The average molecular weight is 376 g/mol. The number of rotatable bonds is 5. The van der Waals surface area contributed by atoms with Crippen LogP contribution in [0.3, 0.4) is 0 Å². The second kappa shape index (κ2) is 8.22. The van der Waals surface area contributed by atoms with Gasteiger partial charge in [0.1, 0.15) is 5.00 Å². The lowest BCUT2D eigenvalue weighted by Crippen LogP contribution is -2.35. The van der Waals surface area contributed by atoms with Crippen molar-refractivity contribution in [3.05, 3.63) is 51.4 Å². The van der Waals surface area contributed by atoms with Crippen molar-refractivity contribution >= 4 is 45.5 Å². The Bertz CT molecular complexity index is 828. The molecule has 2 aromatic rings. The molecule has 0 radical (unpaired) electrons. The first kappa shape index (κ1) is 19.1. The lowest BCUT2D eigenvalue weighted by molar-refractivity contribution is -0.119. The predicted molar refractivity (Wildman–Crippen MR) is 106 cm³/mol. The molecule has 0 saturated heterocycles. The zero-order chi connectivity index (χ0) is 18.6. The number of hydrogen-bond donors (Lipinski definition) is 3. The molecule has 5 nitrogen and oxygen atoms in total. The third kappa shape index (κ3) is 4.64. The highest BCUT2D eigenvalue weighted by Crippen LogP contribution is 2.33. The Labute approximate surface area is 156 Å². The van der Waals surface area contributed by atoms with Gasteiger partial charge in [-0.2, -0.15) is 0 Å². The van der Waals surface area contributed by atoms with Gasteiger partial charge in [-0.3, -0.25) is 9.59 Å². The lowest BCUT2D eigenvalue weighted by Gasteiger charge is -2.10. The molecule has 1 aromatic carbocycles. The molecule has 0 aliphatic heterocycles. The molecule has 0 fully saturated rings. The fourth-order valence-corrected chi connectivity index (χ4v) is 4.07. The van der Waals surface area contributed by atoms with Gasteiger partial charge < -0.3 is 16.4 Å². The fourth-order valence-electron chi connectivity index (χ4n) is 2.64. The molecule has 25 heavy (non-hydrogen) atoms. The predicted octanol–water partition coefficient (Wildman–Crippen LogP) is 3.08. The number of carbonyl (C=O) groups is 2. The van der Waals surface area contributed by atoms with Crippen LogP contribution in [-0.2, 0) is 17.6 Å². The molecular weight excluding hydrogens is 354 g/mol. The third-order valence-corrected chi connectivity index (χ3v) is 5.17. The van der Waals surface area contributed by atoms with E-state index in [1.54, 1.807) is 0 Å². The van der Waals surface area contributed by atoms with Crippen LogP contribution in [0.5, 0.6) is 0 Å². The Kier molecular flexibility index (Phi) is 6.27. The number of benzene rings is 1. The number of nitrogens with one attached hydrogen (secondary N) is 2. The molecule has 4 N–H and O–H groups in total. The third-order valence-electron chi connectivity index (χ3n) is 3.90. The van der Waals surface area contributed by atoms with E-state index >= 15 is 0 Å². The molecule has 0 aliphatic carbocycles. The Balaban J connectivity index is 2.07. The van der Waals surface area contributed by atoms with Crippen LogP contribution in [0.2, 0.25) is 0 Å². The fraction of sp³-hybridized carbons (Fsp3) is 0.278. The summed E-state index contributed by atoms with van der Waals surface area (Å²) in [5.41, 5.74) is 8.85. The Morgan fingerprint density at radius 3 is 2.52 bits per heavy atom. The minimum Gasteiger partial charge on any atom is -0.365 e. The summed E-state index contributed by atoms with van der Waals surface area (Å²) in [6.45, 7) is 5.85. The van der Waals surface area contributed by atoms with Crippen LogP contribution >= 0.6 is 23.6 Å². The van der Waals surface area contributed by atoms with Gasteiger partial charge in [0.05, 0.1) is 12.0 Å². The summed E-state index contributed by atoms with van der Waals surface area (Å²) in [5, 5.41) is 6.32. The number of carbonyl (C=O) groups excluding carboxylic acids is 2. The first-order valence-electron chi connectivity index (χ1n) is 7.90. The van der Waals surface area contributed by atoms with E-state index in [2.05, 4.69) is 10.6 Å². The van der Waals surface area contributed by atoms with Gasteiger partial charge in [-0.1, -0.05) is 31.2 Å². The van der Waals surface area contributed by atoms with Crippen molar-refractivity contribution in [2.75, 3.05) is 5.32 Å². The van der Waals surface area contributed by atoms with Gasteiger partial charge >= 0.3 is 0 Å². The molecule has 0 bridgehead atoms. The molecule has 0 unspecified atom stereocenters. The van der Waals surface area contributed by atoms with Gasteiger partial charge in [0.25, 0.3) is 5.91 Å². The molecule has 0 aliphatic rings. The van der Waals surface area contributed by atoms with Crippen LogP contribution in [0.4, 0.5) is 5.00 Å². The van der Waals surface area contributed by atoms with Gasteiger partial charge in [-0.15, -0.1) is 11.3 Å². The second-order valence-corrected chi connectivity index (χ2v) is 7.30. The number of nitrogens with two attached hydrogens (primary N) is 1. The highest BCUT2D eigenvalue weighted by molar-refractivity contribution is 7.80. The molecule has 2 amide bonds. The van der Waals surface area contributed by atoms with Crippen molar-refractivity contribution in [2.24, 2.45) is 5.73 Å². The molecular formula is C18H21N3O2S2. The summed E-state index contributed by atoms with van der Waals surface area (Å²) in [6.07, 6.45) is 0.940. The standard InChI is InChI=1S/C18H21N3O2S2/c1-4-13-11(3)25-17(15(13)16(19)23)21-18(24)20-14(22)9-12-8-6-5-7-10(12)2/h5-8H,4,9H2,1-3H3,(H2,19,23)(H2,20,21,22,24). The number of primary amides is 1. The second-order valence-electron chi connectivity index (χ2n) is 5.66. The van der Waals surface area contributed by atoms with Gasteiger partial charge in [-0.05, 0) is 49.2 Å². The summed E-state index contributed by atoms with van der Waals surface area (Å²) < 4.78 is 0. The number of aryl methyl sites for hydroxylation is 2. The summed E-state index contributed by atoms with van der Waals surface area (Å²) in [7, 11) is 0. The number of hydrogen-bond acceptors (Lipinski definition) is 4. The number of amides is 2. The van der Waals surface area contributed by atoms with Crippen LogP contribution in [-0.4, -0.2) is 16.9 Å². The quantitative estimate of drug-likeness (QED) is 0.701. The topological polar surface area (TPSA) is 84.2 Å². The zero-order valence-corrected chi connectivity index (χ0v) is 16.1. The van der Waals surface area contributed by atoms with Crippen LogP contribution in [0.25, 0.3) is 0 Å². The van der Waals surface area contributed by atoms with Gasteiger partial charge in [0, 0.05) is 4.88 Å². The molecule has 1 aromatic heterocycles. The summed E-state index contributed by atoms with van der Waals surface area (Å²) >= 11 is 6.61. The van der Waals surface area contributed by atoms with Crippen LogP contribution in [0.1, 0.15) is 38.8 Å². The maximum absolute atomic E-state index is 12.2. The Morgan fingerprint density at radius 2 is 1.92 bits per heavy atom. The summed E-state index contributed by atoms with van der Waals surface area (Å²) in [4.78, 5) is 24.9. The van der Waals surface area contributed by atoms with Crippen molar-refractivity contribution in [1.29, 1.82) is 0 Å². The zero-order valence-electron chi connectivity index (χ0n) is 14.4. The van der Waals surface area contributed by atoms with E-state index in [0.29, 0.717) is 17.0 Å². The minimum atomic E-state index is -0.502. The van der Waals surface area contributed by atoms with Crippen molar-refractivity contribution < 1.29 is 9.59 Å². The smallest absolute Gasteiger partial charge is 0.251 e. The van der Waals surface area contributed by atoms with E-state index in [1.807, 2.05) is 45.0 Å². The number of anilines is 1. The first-order valence-corrected chi connectivity index (χ1v) is 9.13. The van der Waals surface area contributed by atoms with Crippen molar-refractivity contribution in [3.63, 3.8) is 0 Å². The maximum Gasteiger partial charge on any atom is 0.251 e. The van der Waals surface area contributed by atoms with Crippen LogP contribution in [0, 0.1) is 13.8 Å². The van der Waals surface area contributed by atoms with Crippen LogP contribution in [0.15, 0.2) is 24.3 Å². The molecule has 0 saturated carbocycles. The molecule has 0 spiro atoms. The SMILES string of the molecule is CCc1c(C)sc(NC(=S)NC(=O)Cc2ccccc2C)c1C(N)=O. The molecule has 2 rings (SSSR count). The number of thiophene rings is 1. The van der Waals surface area contributed by atoms with E-state index in [9.17, 15) is 9.59 Å². The minimum absolute atomic E-state index is 0.157. The van der Waals surface area contributed by atoms with Crippen molar-refractivity contribution in [1.82, 2.24) is 5.32 Å². The van der Waals surface area contributed by atoms with E-state index in [-0.39, 0.29) is 17.4 Å². The molecule has 0 atom stereocenters. The first-order chi connectivity index (χ1) is 11.8. The average Bonchev–Trinajstić information content (AvgIpc) is 2.84. The van der Waals surface area contributed by atoms with Gasteiger partial charge in [0.2, 0.25) is 5.91 Å². The normalized spacial score (nSPS) is 10.4. The van der Waals surface area contributed by atoms with E-state index in [4.69, 9.17) is 18.0 Å². The summed E-state index contributed by atoms with van der Waals surface area (Å²) in [6, 6.07) is 7.69. The molecule has 132 valence electrons. The summed E-state index contributed by atoms with van der Waals surface area (Å²) in [5.74, 6) is -0.714. The largest absolute Gasteiger partial charge is 0.365 e. The number of thiocarbonyl (C=S) groups is 1. The van der Waals surface area contributed by atoms with Gasteiger partial charge in [0.15, 0.2) is 5.11 Å². The Morgan fingerprint density at radius 1 is 1.24 bits per heavy atom. The Hall–Kier alpha value is -2.25. The monoisotopic (exact) mass is 375 g/mol. The van der Waals surface area contributed by atoms with Crippen molar-refractivity contribution in [3.8, 4) is 0 Å². The van der Waals surface area contributed by atoms with E-state index in [1.165, 1.54) is 11.3 Å². The highest BCUT2D eigenvalue weighted by atomic mass is 32.1. The van der Waals surface area contributed by atoms with E-state index in [0.717, 1.165) is 21.6 Å². The van der Waals surface area contributed by atoms with E-state index < -0.39 is 5.91 Å². The van der Waals surface area contributed by atoms with Crippen LogP contribution < -0.4 is 16.4 Å². The maximum atomic E-state index is 12.2. The lowest BCUT2D eigenvalue weighted by atomic mass is 10.1. The van der Waals surface area contributed by atoms with Gasteiger partial charge in [-0.25, -0.2) is 0 Å². The van der Waals surface area contributed by atoms with Crippen molar-refractivity contribution in [2.45, 2.75) is 33.6 Å². The molecule has 1 heterocycles. The highest BCUT2D eigenvalue weighted by Gasteiger charge is 2.20.